The standard InChI is InChI=1S/C15H24N6O/c1-10-7-17-21(9-10)13(4)12(3)16-8-15(22)18-14-6-11(2)19-20(14)5/h6-7,9,12-13,16H,8H2,1-5H3,(H,18,22)/t12-,13-/m0/s1. The van der Waals surface area contributed by atoms with E-state index in [9.17, 15) is 4.79 Å². The maximum Gasteiger partial charge on any atom is 0.239 e. The van der Waals surface area contributed by atoms with Crippen molar-refractivity contribution in [3.05, 3.63) is 29.7 Å². The number of hydrogen-bond acceptors (Lipinski definition) is 4. The average Bonchev–Trinajstić information content (AvgIpc) is 3.01. The first kappa shape index (κ1) is 16.2. The lowest BCUT2D eigenvalue weighted by atomic mass is 10.2. The lowest BCUT2D eigenvalue weighted by Crippen LogP contribution is -2.39. The fourth-order valence-electron chi connectivity index (χ4n) is 2.22. The predicted molar refractivity (Wildman–Crippen MR) is 85.7 cm³/mol. The summed E-state index contributed by atoms with van der Waals surface area (Å²) >= 11 is 0. The zero-order valence-electron chi connectivity index (χ0n) is 13.8. The van der Waals surface area contributed by atoms with Crippen molar-refractivity contribution in [2.24, 2.45) is 7.05 Å². The van der Waals surface area contributed by atoms with Gasteiger partial charge >= 0.3 is 0 Å². The van der Waals surface area contributed by atoms with Gasteiger partial charge in [0.15, 0.2) is 0 Å². The molecule has 120 valence electrons. The van der Waals surface area contributed by atoms with E-state index < -0.39 is 0 Å². The summed E-state index contributed by atoms with van der Waals surface area (Å²) < 4.78 is 3.57. The first-order valence-electron chi connectivity index (χ1n) is 7.41. The van der Waals surface area contributed by atoms with Gasteiger partial charge in [-0.2, -0.15) is 10.2 Å². The molecule has 0 aliphatic rings. The number of hydrogen-bond donors (Lipinski definition) is 2. The minimum absolute atomic E-state index is 0.0845. The Bertz CT molecular complexity index is 644. The Morgan fingerprint density at radius 1 is 1.36 bits per heavy atom. The molecule has 1 amide bonds. The number of anilines is 1. The van der Waals surface area contributed by atoms with E-state index in [2.05, 4.69) is 27.8 Å². The van der Waals surface area contributed by atoms with E-state index in [1.807, 2.05) is 43.9 Å². The fraction of sp³-hybridized carbons (Fsp3) is 0.533. The predicted octanol–water partition coefficient (Wildman–Crippen LogP) is 1.41. The van der Waals surface area contributed by atoms with Crippen LogP contribution in [0.5, 0.6) is 0 Å². The number of nitrogens with one attached hydrogen (secondary N) is 2. The van der Waals surface area contributed by atoms with Gasteiger partial charge < -0.3 is 10.6 Å². The molecule has 0 saturated carbocycles. The van der Waals surface area contributed by atoms with Gasteiger partial charge in [0.2, 0.25) is 5.91 Å². The molecule has 0 aromatic carbocycles. The van der Waals surface area contributed by atoms with E-state index in [1.165, 1.54) is 0 Å². The lowest BCUT2D eigenvalue weighted by Gasteiger charge is -2.21. The third kappa shape index (κ3) is 3.94. The molecule has 0 radical (unpaired) electrons. The van der Waals surface area contributed by atoms with Gasteiger partial charge in [-0.15, -0.1) is 0 Å². The van der Waals surface area contributed by atoms with Gasteiger partial charge in [0.05, 0.1) is 24.5 Å². The average molecular weight is 304 g/mol. The normalized spacial score (nSPS) is 13.9. The van der Waals surface area contributed by atoms with Gasteiger partial charge in [-0.05, 0) is 33.3 Å². The topological polar surface area (TPSA) is 76.8 Å². The molecule has 2 atom stereocenters. The van der Waals surface area contributed by atoms with E-state index in [1.54, 1.807) is 11.7 Å². The van der Waals surface area contributed by atoms with Gasteiger partial charge in [0, 0.05) is 25.4 Å². The summed E-state index contributed by atoms with van der Waals surface area (Å²) in [6.45, 7) is 8.27. The molecule has 2 rings (SSSR count). The van der Waals surface area contributed by atoms with E-state index in [0.29, 0.717) is 5.82 Å². The summed E-state index contributed by atoms with van der Waals surface area (Å²) in [7, 11) is 1.81. The van der Waals surface area contributed by atoms with E-state index in [-0.39, 0.29) is 24.5 Å². The molecule has 0 bridgehead atoms. The van der Waals surface area contributed by atoms with Crippen LogP contribution in [0, 0.1) is 13.8 Å². The first-order chi connectivity index (χ1) is 10.4. The van der Waals surface area contributed by atoms with Gasteiger partial charge in [-0.1, -0.05) is 0 Å². The SMILES string of the molecule is Cc1cnn([C@@H](C)[C@H](C)NCC(=O)Nc2cc(C)nn2C)c1. The highest BCUT2D eigenvalue weighted by molar-refractivity contribution is 5.91. The van der Waals surface area contributed by atoms with Crippen LogP contribution in [0.15, 0.2) is 18.5 Å². The van der Waals surface area contributed by atoms with Crippen molar-refractivity contribution < 1.29 is 4.79 Å². The number of amides is 1. The summed E-state index contributed by atoms with van der Waals surface area (Å²) in [5, 5.41) is 14.6. The smallest absolute Gasteiger partial charge is 0.239 e. The summed E-state index contributed by atoms with van der Waals surface area (Å²) in [4.78, 5) is 12.0. The van der Waals surface area contributed by atoms with Crippen LogP contribution in [-0.2, 0) is 11.8 Å². The Hall–Kier alpha value is -2.15. The van der Waals surface area contributed by atoms with Crippen LogP contribution in [0.25, 0.3) is 0 Å². The van der Waals surface area contributed by atoms with Crippen LogP contribution < -0.4 is 10.6 Å². The number of nitrogens with zero attached hydrogens (tertiary/aromatic N) is 4. The van der Waals surface area contributed by atoms with Crippen molar-refractivity contribution >= 4 is 11.7 Å². The van der Waals surface area contributed by atoms with Crippen LogP contribution in [0.1, 0.15) is 31.1 Å². The molecule has 2 aromatic heterocycles. The highest BCUT2D eigenvalue weighted by Crippen LogP contribution is 2.11. The van der Waals surface area contributed by atoms with Crippen molar-refractivity contribution in [2.75, 3.05) is 11.9 Å². The van der Waals surface area contributed by atoms with Gasteiger partial charge in [0.1, 0.15) is 5.82 Å². The van der Waals surface area contributed by atoms with Crippen molar-refractivity contribution in [3.63, 3.8) is 0 Å². The molecule has 0 aliphatic carbocycles. The zero-order chi connectivity index (χ0) is 16.3. The molecule has 0 unspecified atom stereocenters. The van der Waals surface area contributed by atoms with E-state index >= 15 is 0 Å². The molecule has 0 aliphatic heterocycles. The molecule has 0 saturated heterocycles. The maximum atomic E-state index is 12.0. The third-order valence-electron chi connectivity index (χ3n) is 3.73. The van der Waals surface area contributed by atoms with Crippen molar-refractivity contribution in [1.82, 2.24) is 24.9 Å². The second-order valence-corrected chi connectivity index (χ2v) is 5.75. The molecular formula is C15H24N6O. The second kappa shape index (κ2) is 6.74. The number of aromatic nitrogens is 4. The summed E-state index contributed by atoms with van der Waals surface area (Å²) in [6, 6.07) is 2.13. The van der Waals surface area contributed by atoms with Crippen LogP contribution in [-0.4, -0.2) is 38.1 Å². The van der Waals surface area contributed by atoms with Crippen molar-refractivity contribution in [3.8, 4) is 0 Å². The molecule has 0 spiro atoms. The molecule has 2 N–H and O–H groups in total. The Balaban J connectivity index is 1.84. The second-order valence-electron chi connectivity index (χ2n) is 5.75. The number of carbonyl (C=O) groups excluding carboxylic acids is 1. The highest BCUT2D eigenvalue weighted by atomic mass is 16.2. The molecular weight excluding hydrogens is 280 g/mol. The Morgan fingerprint density at radius 3 is 2.64 bits per heavy atom. The highest BCUT2D eigenvalue weighted by Gasteiger charge is 2.16. The Labute approximate surface area is 130 Å². The monoisotopic (exact) mass is 304 g/mol. The number of rotatable bonds is 6. The number of aryl methyl sites for hydroxylation is 3. The molecule has 2 heterocycles. The van der Waals surface area contributed by atoms with Gasteiger partial charge in [0.25, 0.3) is 0 Å². The summed E-state index contributed by atoms with van der Waals surface area (Å²) in [5.74, 6) is 0.617. The Kier molecular flexibility index (Phi) is 4.97. The maximum absolute atomic E-state index is 12.0. The van der Waals surface area contributed by atoms with E-state index in [0.717, 1.165) is 11.3 Å². The van der Waals surface area contributed by atoms with Crippen LogP contribution in [0.2, 0.25) is 0 Å². The molecule has 7 heteroatoms. The van der Waals surface area contributed by atoms with Crippen LogP contribution in [0.4, 0.5) is 5.82 Å². The van der Waals surface area contributed by atoms with Gasteiger partial charge in [-0.25, -0.2) is 0 Å². The first-order valence-corrected chi connectivity index (χ1v) is 7.41. The van der Waals surface area contributed by atoms with E-state index in [4.69, 9.17) is 0 Å². The van der Waals surface area contributed by atoms with Crippen LogP contribution in [0.3, 0.4) is 0 Å². The third-order valence-corrected chi connectivity index (χ3v) is 3.73. The Morgan fingerprint density at radius 2 is 2.09 bits per heavy atom. The van der Waals surface area contributed by atoms with Crippen LogP contribution >= 0.6 is 0 Å². The minimum atomic E-state index is -0.0845. The molecule has 7 nitrogen and oxygen atoms in total. The minimum Gasteiger partial charge on any atom is -0.310 e. The quantitative estimate of drug-likeness (QED) is 0.846. The van der Waals surface area contributed by atoms with Crippen molar-refractivity contribution in [1.29, 1.82) is 0 Å². The largest absolute Gasteiger partial charge is 0.310 e. The van der Waals surface area contributed by atoms with Crippen molar-refractivity contribution in [2.45, 2.75) is 39.8 Å². The summed E-state index contributed by atoms with van der Waals surface area (Å²) in [5.41, 5.74) is 2.00. The van der Waals surface area contributed by atoms with Gasteiger partial charge in [-0.3, -0.25) is 14.2 Å². The zero-order valence-corrected chi connectivity index (χ0v) is 13.8. The molecule has 2 aromatic rings. The summed E-state index contributed by atoms with van der Waals surface area (Å²) in [6.07, 6.45) is 3.84. The lowest BCUT2D eigenvalue weighted by molar-refractivity contribution is -0.115. The number of carbonyl (C=O) groups is 1. The molecule has 0 fully saturated rings. The fourth-order valence-corrected chi connectivity index (χ4v) is 2.22. The molecule has 22 heavy (non-hydrogen) atoms.